The van der Waals surface area contributed by atoms with Crippen LogP contribution in [-0.2, 0) is 4.74 Å². The van der Waals surface area contributed by atoms with Crippen LogP contribution in [0.3, 0.4) is 0 Å². The third-order valence-electron chi connectivity index (χ3n) is 3.46. The second-order valence-corrected chi connectivity index (χ2v) is 4.59. The Balaban J connectivity index is 2.55. The fourth-order valence-corrected chi connectivity index (χ4v) is 2.47. The number of hydrogen-bond donors (Lipinski definition) is 3. The molecule has 0 aromatic heterocycles. The molecule has 100 valence electrons. The molecule has 0 bridgehead atoms. The number of methoxy groups -OCH3 is 1. The van der Waals surface area contributed by atoms with Gasteiger partial charge in [0.2, 0.25) is 0 Å². The van der Waals surface area contributed by atoms with E-state index in [1.807, 2.05) is 0 Å². The van der Waals surface area contributed by atoms with Crippen LogP contribution >= 0.6 is 0 Å². The number of rotatable bonds is 3. The van der Waals surface area contributed by atoms with E-state index in [9.17, 15) is 10.2 Å². The minimum atomic E-state index is -0.757. The molecule has 0 aliphatic heterocycles. The summed E-state index contributed by atoms with van der Waals surface area (Å²) >= 11 is 0. The summed E-state index contributed by atoms with van der Waals surface area (Å²) in [5.41, 5.74) is 0. The molecule has 1 aliphatic carbocycles. The van der Waals surface area contributed by atoms with Crippen molar-refractivity contribution in [2.24, 2.45) is 10.9 Å². The molecular weight excluding hydrogens is 220 g/mol. The van der Waals surface area contributed by atoms with Crippen LogP contribution < -0.4 is 5.32 Å². The number of aliphatic imine (C=N–C) groups is 1. The molecule has 4 atom stereocenters. The van der Waals surface area contributed by atoms with Crippen molar-refractivity contribution < 1.29 is 14.9 Å². The van der Waals surface area contributed by atoms with E-state index in [-0.39, 0.29) is 12.0 Å². The molecule has 0 aromatic rings. The first-order chi connectivity index (χ1) is 8.13. The van der Waals surface area contributed by atoms with Crippen LogP contribution in [0.25, 0.3) is 0 Å². The van der Waals surface area contributed by atoms with E-state index in [1.54, 1.807) is 7.05 Å². The molecule has 0 amide bonds. The van der Waals surface area contributed by atoms with Crippen LogP contribution in [0.15, 0.2) is 4.99 Å². The van der Waals surface area contributed by atoms with Gasteiger partial charge >= 0.3 is 0 Å². The van der Waals surface area contributed by atoms with Crippen LogP contribution in [0.5, 0.6) is 0 Å². The molecule has 3 N–H and O–H groups in total. The van der Waals surface area contributed by atoms with Crippen LogP contribution in [0, 0.1) is 5.92 Å². The highest BCUT2D eigenvalue weighted by atomic mass is 16.5. The van der Waals surface area contributed by atoms with E-state index in [0.29, 0.717) is 6.02 Å². The zero-order valence-electron chi connectivity index (χ0n) is 10.9. The predicted octanol–water partition coefficient (Wildman–Crippen LogP) is 0.509. The lowest BCUT2D eigenvalue weighted by atomic mass is 9.79. The van der Waals surface area contributed by atoms with Crippen LogP contribution in [0.1, 0.15) is 32.6 Å². The quantitative estimate of drug-likeness (QED) is 0.499. The highest BCUT2D eigenvalue weighted by Crippen LogP contribution is 2.28. The summed E-state index contributed by atoms with van der Waals surface area (Å²) in [5.74, 6) is 0.206. The van der Waals surface area contributed by atoms with Crippen molar-refractivity contribution in [1.29, 1.82) is 0 Å². The summed E-state index contributed by atoms with van der Waals surface area (Å²) in [6.45, 7) is 2.09. The van der Waals surface area contributed by atoms with Crippen molar-refractivity contribution in [1.82, 2.24) is 5.32 Å². The molecule has 5 heteroatoms. The zero-order valence-corrected chi connectivity index (χ0v) is 10.9. The highest BCUT2D eigenvalue weighted by molar-refractivity contribution is 5.73. The third kappa shape index (κ3) is 3.57. The SMILES string of the molecule is CCCC1CC[C@H](NC(=NC)OC)C(O)[C@@H]1O. The first kappa shape index (κ1) is 14.3. The number of amidine groups is 1. The lowest BCUT2D eigenvalue weighted by Crippen LogP contribution is -2.54. The van der Waals surface area contributed by atoms with Gasteiger partial charge < -0.3 is 20.3 Å². The molecule has 1 aliphatic rings. The van der Waals surface area contributed by atoms with Gasteiger partial charge in [0.25, 0.3) is 6.02 Å². The molecule has 0 saturated heterocycles. The second-order valence-electron chi connectivity index (χ2n) is 4.59. The van der Waals surface area contributed by atoms with Gasteiger partial charge in [0.05, 0.1) is 19.3 Å². The first-order valence-electron chi connectivity index (χ1n) is 6.27. The molecule has 1 fully saturated rings. The molecule has 2 unspecified atom stereocenters. The van der Waals surface area contributed by atoms with Gasteiger partial charge in [-0.25, -0.2) is 4.99 Å². The molecular formula is C12H24N2O3. The Morgan fingerprint density at radius 2 is 2.06 bits per heavy atom. The molecule has 0 spiro atoms. The van der Waals surface area contributed by atoms with Gasteiger partial charge in [-0.05, 0) is 25.2 Å². The van der Waals surface area contributed by atoms with Gasteiger partial charge in [-0.15, -0.1) is 0 Å². The van der Waals surface area contributed by atoms with E-state index in [1.165, 1.54) is 7.11 Å². The molecule has 0 radical (unpaired) electrons. The van der Waals surface area contributed by atoms with E-state index < -0.39 is 12.2 Å². The topological polar surface area (TPSA) is 74.1 Å². The fraction of sp³-hybridized carbons (Fsp3) is 0.917. The summed E-state index contributed by atoms with van der Waals surface area (Å²) in [6, 6.07) is 0.215. The Kier molecular flexibility index (Phi) is 5.71. The van der Waals surface area contributed by atoms with Crippen molar-refractivity contribution in [3.05, 3.63) is 0 Å². The number of aliphatic hydroxyl groups excluding tert-OH is 2. The summed E-state index contributed by atoms with van der Waals surface area (Å²) in [5, 5.41) is 23.1. The fourth-order valence-electron chi connectivity index (χ4n) is 2.47. The van der Waals surface area contributed by atoms with E-state index in [2.05, 4.69) is 17.2 Å². The maximum Gasteiger partial charge on any atom is 0.284 e. The van der Waals surface area contributed by atoms with Gasteiger partial charge in [0.15, 0.2) is 0 Å². The third-order valence-corrected chi connectivity index (χ3v) is 3.46. The lowest BCUT2D eigenvalue weighted by molar-refractivity contribution is -0.0619. The number of aliphatic hydroxyl groups is 2. The number of ether oxygens (including phenoxy) is 1. The van der Waals surface area contributed by atoms with E-state index in [0.717, 1.165) is 25.7 Å². The van der Waals surface area contributed by atoms with Crippen molar-refractivity contribution in [3.63, 3.8) is 0 Å². The first-order valence-corrected chi connectivity index (χ1v) is 6.27. The van der Waals surface area contributed by atoms with Gasteiger partial charge in [-0.3, -0.25) is 0 Å². The summed E-state index contributed by atoms with van der Waals surface area (Å²) in [6.07, 6.45) is 2.33. The Morgan fingerprint density at radius 3 is 2.59 bits per heavy atom. The number of nitrogens with zero attached hydrogens (tertiary/aromatic N) is 1. The Morgan fingerprint density at radius 1 is 1.35 bits per heavy atom. The monoisotopic (exact) mass is 244 g/mol. The zero-order chi connectivity index (χ0) is 12.8. The maximum atomic E-state index is 10.1. The molecule has 1 rings (SSSR count). The summed E-state index contributed by atoms with van der Waals surface area (Å²) < 4.78 is 5.01. The van der Waals surface area contributed by atoms with Gasteiger partial charge in [-0.1, -0.05) is 13.3 Å². The van der Waals surface area contributed by atoms with Gasteiger partial charge in [0, 0.05) is 7.05 Å². The van der Waals surface area contributed by atoms with Crippen LogP contribution in [0.2, 0.25) is 0 Å². The van der Waals surface area contributed by atoms with Crippen molar-refractivity contribution >= 4 is 6.02 Å². The second kappa shape index (κ2) is 6.81. The van der Waals surface area contributed by atoms with Gasteiger partial charge in [-0.2, -0.15) is 0 Å². The normalized spacial score (nSPS) is 34.5. The van der Waals surface area contributed by atoms with E-state index in [4.69, 9.17) is 4.74 Å². The Labute approximate surface area is 103 Å². The average Bonchev–Trinajstić information content (AvgIpc) is 2.34. The summed E-state index contributed by atoms with van der Waals surface area (Å²) in [4.78, 5) is 3.91. The molecule has 1 saturated carbocycles. The number of nitrogens with one attached hydrogen (secondary N) is 1. The van der Waals surface area contributed by atoms with Crippen molar-refractivity contribution in [3.8, 4) is 0 Å². The van der Waals surface area contributed by atoms with E-state index >= 15 is 0 Å². The summed E-state index contributed by atoms with van der Waals surface area (Å²) in [7, 11) is 3.15. The largest absolute Gasteiger partial charge is 0.469 e. The van der Waals surface area contributed by atoms with Crippen molar-refractivity contribution in [2.45, 2.75) is 50.9 Å². The Bertz CT molecular complexity index is 258. The molecule has 0 heterocycles. The van der Waals surface area contributed by atoms with Gasteiger partial charge in [0.1, 0.15) is 6.10 Å². The lowest BCUT2D eigenvalue weighted by Gasteiger charge is -2.38. The average molecular weight is 244 g/mol. The van der Waals surface area contributed by atoms with Crippen molar-refractivity contribution in [2.75, 3.05) is 14.2 Å². The highest BCUT2D eigenvalue weighted by Gasteiger charge is 2.37. The predicted molar refractivity (Wildman–Crippen MR) is 66.9 cm³/mol. The van der Waals surface area contributed by atoms with Crippen LogP contribution in [0.4, 0.5) is 0 Å². The maximum absolute atomic E-state index is 10.1. The molecule has 0 aromatic carbocycles. The smallest absolute Gasteiger partial charge is 0.284 e. The standard InChI is InChI=1S/C12H24N2O3/c1-4-5-8-6-7-9(11(16)10(8)15)14-12(13-2)17-3/h8-11,15-16H,4-7H2,1-3H3,(H,13,14)/t8?,9-,10+,11?/m0/s1. The van der Waals surface area contributed by atoms with Crippen LogP contribution in [-0.4, -0.2) is 48.6 Å². The Hall–Kier alpha value is -0.810. The molecule has 5 nitrogen and oxygen atoms in total. The molecule has 17 heavy (non-hydrogen) atoms. The number of hydrogen-bond acceptors (Lipinski definition) is 4. The minimum absolute atomic E-state index is 0.184. The minimum Gasteiger partial charge on any atom is -0.469 e.